The minimum Gasteiger partial charge on any atom is -0.495 e. The van der Waals surface area contributed by atoms with E-state index in [4.69, 9.17) is 4.74 Å². The lowest BCUT2D eigenvalue weighted by molar-refractivity contribution is -0.117. The zero-order valence-corrected chi connectivity index (χ0v) is 14.9. The number of nitrogens with zero attached hydrogens (tertiary/aromatic N) is 1. The Morgan fingerprint density at radius 2 is 2.08 bits per heavy atom. The monoisotopic (exact) mass is 369 g/mol. The molecule has 1 aromatic carbocycles. The van der Waals surface area contributed by atoms with Crippen molar-refractivity contribution in [2.24, 2.45) is 0 Å². The van der Waals surface area contributed by atoms with E-state index in [0.29, 0.717) is 31.7 Å². The molecule has 0 radical (unpaired) electrons. The van der Waals surface area contributed by atoms with Gasteiger partial charge in [0.1, 0.15) is 10.6 Å². The summed E-state index contributed by atoms with van der Waals surface area (Å²) >= 11 is 0. The smallest absolute Gasteiger partial charge is 0.246 e. The second-order valence-electron chi connectivity index (χ2n) is 6.32. The maximum Gasteiger partial charge on any atom is 0.246 e. The van der Waals surface area contributed by atoms with E-state index in [-0.39, 0.29) is 16.6 Å². The maximum absolute atomic E-state index is 12.7. The van der Waals surface area contributed by atoms with Gasteiger partial charge >= 0.3 is 0 Å². The second-order valence-corrected chi connectivity index (χ2v) is 8.22. The molecule has 3 rings (SSSR count). The highest BCUT2D eigenvalue weighted by Gasteiger charge is 2.31. The van der Waals surface area contributed by atoms with E-state index in [1.807, 2.05) is 0 Å². The van der Waals surface area contributed by atoms with Gasteiger partial charge in [-0.25, -0.2) is 8.42 Å². The van der Waals surface area contributed by atoms with Crippen molar-refractivity contribution in [3.8, 4) is 5.75 Å². The van der Waals surface area contributed by atoms with Gasteiger partial charge in [-0.05, 0) is 31.4 Å². The number of hydrogen-bond acceptors (Lipinski definition) is 6. The predicted molar refractivity (Wildman–Crippen MR) is 92.0 cm³/mol. The lowest BCUT2D eigenvalue weighted by atomic mass is 10.2. The Hall–Kier alpha value is -1.68. The van der Waals surface area contributed by atoms with Crippen molar-refractivity contribution in [1.82, 2.24) is 9.62 Å². The minimum atomic E-state index is -3.60. The number of nitrogens with one attached hydrogen (secondary N) is 2. The van der Waals surface area contributed by atoms with Crippen LogP contribution in [0.3, 0.4) is 0 Å². The highest BCUT2D eigenvalue weighted by Crippen LogP contribution is 2.31. The molecule has 2 heterocycles. The molecule has 3 N–H and O–H groups in total. The van der Waals surface area contributed by atoms with Gasteiger partial charge in [-0.1, -0.05) is 0 Å². The van der Waals surface area contributed by atoms with Gasteiger partial charge < -0.3 is 20.5 Å². The number of amides is 1. The van der Waals surface area contributed by atoms with Crippen LogP contribution in [0, 0.1) is 0 Å². The Morgan fingerprint density at radius 3 is 2.68 bits per heavy atom. The van der Waals surface area contributed by atoms with Crippen molar-refractivity contribution >= 4 is 21.6 Å². The van der Waals surface area contributed by atoms with Crippen LogP contribution in [-0.2, 0) is 14.8 Å². The second kappa shape index (κ2) is 7.28. The van der Waals surface area contributed by atoms with Gasteiger partial charge in [0.25, 0.3) is 0 Å². The molecule has 0 aromatic heterocycles. The summed E-state index contributed by atoms with van der Waals surface area (Å²) in [5, 5.41) is 15.2. The minimum absolute atomic E-state index is 0.101. The van der Waals surface area contributed by atoms with Crippen LogP contribution in [0.15, 0.2) is 23.1 Å². The first kappa shape index (κ1) is 18.1. The van der Waals surface area contributed by atoms with E-state index in [9.17, 15) is 18.3 Å². The van der Waals surface area contributed by atoms with E-state index < -0.39 is 22.2 Å². The molecule has 2 fully saturated rings. The first-order valence-corrected chi connectivity index (χ1v) is 9.76. The molecule has 0 bridgehead atoms. The normalized spacial score (nSPS) is 24.4. The molecule has 1 aromatic rings. The Labute approximate surface area is 147 Å². The Balaban J connectivity index is 1.79. The fraction of sp³-hybridized carbons (Fsp3) is 0.562. The van der Waals surface area contributed by atoms with E-state index in [2.05, 4.69) is 10.6 Å². The molecule has 0 saturated carbocycles. The standard InChI is InChI=1S/C16H23N3O5S/c1-24-14-8-11(18-16(21)13-9-12(20)10-17-13)4-5-15(14)25(22,23)19-6-2-3-7-19/h4-5,8,12-13,17,20H,2-3,6-7,9-10H2,1H3,(H,18,21). The summed E-state index contributed by atoms with van der Waals surface area (Å²) in [5.41, 5.74) is 0.449. The number of aliphatic hydroxyl groups excluding tert-OH is 1. The molecule has 2 aliphatic rings. The van der Waals surface area contributed by atoms with Gasteiger partial charge in [0.2, 0.25) is 15.9 Å². The molecule has 2 unspecified atom stereocenters. The molecule has 138 valence electrons. The number of methoxy groups -OCH3 is 1. The number of carbonyl (C=O) groups is 1. The molecule has 9 heteroatoms. The molecule has 2 aliphatic heterocycles. The number of ether oxygens (including phenoxy) is 1. The summed E-state index contributed by atoms with van der Waals surface area (Å²) in [7, 11) is -2.20. The molecule has 25 heavy (non-hydrogen) atoms. The van der Waals surface area contributed by atoms with Crippen molar-refractivity contribution in [3.05, 3.63) is 18.2 Å². The molecular weight excluding hydrogens is 346 g/mol. The molecule has 0 spiro atoms. The van der Waals surface area contributed by atoms with E-state index in [0.717, 1.165) is 12.8 Å². The Kier molecular flexibility index (Phi) is 5.28. The first-order valence-electron chi connectivity index (χ1n) is 8.32. The fourth-order valence-corrected chi connectivity index (χ4v) is 4.83. The number of β-amino-alcohol motifs (C(OH)–C–C–N with tert-alkyl or cyclic N) is 1. The highest BCUT2D eigenvalue weighted by molar-refractivity contribution is 7.89. The van der Waals surface area contributed by atoms with Gasteiger partial charge in [0.05, 0.1) is 19.3 Å². The van der Waals surface area contributed by atoms with E-state index >= 15 is 0 Å². The summed E-state index contributed by atoms with van der Waals surface area (Å²) in [6.07, 6.45) is 1.54. The number of hydrogen-bond donors (Lipinski definition) is 3. The number of sulfonamides is 1. The van der Waals surface area contributed by atoms with Crippen LogP contribution < -0.4 is 15.4 Å². The third-order valence-corrected chi connectivity index (χ3v) is 6.48. The molecule has 2 saturated heterocycles. The van der Waals surface area contributed by atoms with Crippen LogP contribution in [-0.4, -0.2) is 62.6 Å². The van der Waals surface area contributed by atoms with E-state index in [1.54, 1.807) is 6.07 Å². The summed E-state index contributed by atoms with van der Waals surface area (Å²) in [4.78, 5) is 12.3. The summed E-state index contributed by atoms with van der Waals surface area (Å²) in [6, 6.07) is 4.05. The van der Waals surface area contributed by atoms with Crippen molar-refractivity contribution in [1.29, 1.82) is 0 Å². The van der Waals surface area contributed by atoms with Gasteiger partial charge in [-0.15, -0.1) is 0 Å². The van der Waals surface area contributed by atoms with Crippen LogP contribution >= 0.6 is 0 Å². The zero-order valence-electron chi connectivity index (χ0n) is 14.1. The number of anilines is 1. The van der Waals surface area contributed by atoms with Crippen molar-refractivity contribution in [3.63, 3.8) is 0 Å². The maximum atomic E-state index is 12.7. The van der Waals surface area contributed by atoms with Gasteiger partial charge in [0.15, 0.2) is 0 Å². The van der Waals surface area contributed by atoms with Crippen LogP contribution in [0.1, 0.15) is 19.3 Å². The zero-order chi connectivity index (χ0) is 18.0. The number of carbonyl (C=O) groups excluding carboxylic acids is 1. The van der Waals surface area contributed by atoms with Crippen LogP contribution in [0.2, 0.25) is 0 Å². The SMILES string of the molecule is COc1cc(NC(=O)C2CC(O)CN2)ccc1S(=O)(=O)N1CCCC1. The van der Waals surface area contributed by atoms with Crippen LogP contribution in [0.25, 0.3) is 0 Å². The van der Waals surface area contributed by atoms with Gasteiger partial charge in [0, 0.05) is 31.4 Å². The molecule has 2 atom stereocenters. The Bertz CT molecular complexity index is 746. The topological polar surface area (TPSA) is 108 Å². The number of benzene rings is 1. The molecule has 1 amide bonds. The highest BCUT2D eigenvalue weighted by atomic mass is 32.2. The van der Waals surface area contributed by atoms with Crippen molar-refractivity contribution in [2.75, 3.05) is 32.1 Å². The predicted octanol–water partition coefficient (Wildman–Crippen LogP) is 0.141. The molecule has 0 aliphatic carbocycles. The lowest BCUT2D eigenvalue weighted by Gasteiger charge is -2.18. The number of rotatable bonds is 5. The quantitative estimate of drug-likeness (QED) is 0.681. The summed E-state index contributed by atoms with van der Waals surface area (Å²) in [6.45, 7) is 1.41. The van der Waals surface area contributed by atoms with E-state index in [1.165, 1.54) is 23.5 Å². The van der Waals surface area contributed by atoms with Crippen LogP contribution in [0.5, 0.6) is 5.75 Å². The number of aliphatic hydroxyl groups is 1. The largest absolute Gasteiger partial charge is 0.495 e. The average Bonchev–Trinajstić information content (AvgIpc) is 3.26. The van der Waals surface area contributed by atoms with Crippen molar-refractivity contribution in [2.45, 2.75) is 36.3 Å². The summed E-state index contributed by atoms with van der Waals surface area (Å²) in [5.74, 6) is -0.0714. The molecule has 8 nitrogen and oxygen atoms in total. The summed E-state index contributed by atoms with van der Waals surface area (Å²) < 4.78 is 32.1. The average molecular weight is 369 g/mol. The molecular formula is C16H23N3O5S. The van der Waals surface area contributed by atoms with Crippen molar-refractivity contribution < 1.29 is 23.1 Å². The first-order chi connectivity index (χ1) is 11.9. The third kappa shape index (κ3) is 3.79. The van der Waals surface area contributed by atoms with Gasteiger partial charge in [-0.3, -0.25) is 4.79 Å². The fourth-order valence-electron chi connectivity index (χ4n) is 3.17. The van der Waals surface area contributed by atoms with Gasteiger partial charge in [-0.2, -0.15) is 4.31 Å². The van der Waals surface area contributed by atoms with Crippen LogP contribution in [0.4, 0.5) is 5.69 Å². The third-order valence-electron chi connectivity index (χ3n) is 4.54. The lowest BCUT2D eigenvalue weighted by Crippen LogP contribution is -2.35. The Morgan fingerprint density at radius 1 is 1.36 bits per heavy atom.